The summed E-state index contributed by atoms with van der Waals surface area (Å²) in [5.74, 6) is 0. The van der Waals surface area contributed by atoms with Crippen molar-refractivity contribution in [2.24, 2.45) is 0 Å². The van der Waals surface area contributed by atoms with Crippen LogP contribution in [0.5, 0.6) is 0 Å². The van der Waals surface area contributed by atoms with Gasteiger partial charge in [0.1, 0.15) is 0 Å². The summed E-state index contributed by atoms with van der Waals surface area (Å²) in [5.41, 5.74) is 0. The van der Waals surface area contributed by atoms with Crippen molar-refractivity contribution in [1.29, 1.82) is 0 Å². The van der Waals surface area contributed by atoms with Gasteiger partial charge >= 0.3 is 0 Å². The highest BCUT2D eigenvalue weighted by Crippen LogP contribution is 2.33. The number of aliphatic hydroxyl groups is 1. The Balaban J connectivity index is 2.06. The van der Waals surface area contributed by atoms with E-state index in [4.69, 9.17) is 5.11 Å². The average molecular weight is 261 g/mol. The Labute approximate surface area is 104 Å². The molecule has 0 spiro atoms. The molecular weight excluding hydrogens is 238 g/mol. The Bertz CT molecular complexity index is 332. The van der Waals surface area contributed by atoms with Crippen LogP contribution in [0, 0.1) is 0 Å². The maximum atomic E-state index is 12.5. The number of rotatable bonds is 6. The molecule has 17 heavy (non-hydrogen) atoms. The zero-order valence-electron chi connectivity index (χ0n) is 10.3. The van der Waals surface area contributed by atoms with Crippen LogP contribution in [0.2, 0.25) is 0 Å². The van der Waals surface area contributed by atoms with Crippen LogP contribution in [0.25, 0.3) is 0 Å². The number of aliphatic hydroxyl groups excluding tert-OH is 1. The van der Waals surface area contributed by atoms with E-state index in [9.17, 15) is 8.42 Å². The van der Waals surface area contributed by atoms with Crippen molar-refractivity contribution in [3.63, 3.8) is 0 Å². The van der Waals surface area contributed by atoms with Gasteiger partial charge in [0, 0.05) is 19.2 Å². The zero-order chi connectivity index (χ0) is 12.3. The lowest BCUT2D eigenvalue weighted by atomic mass is 9.93. The third-order valence-corrected chi connectivity index (χ3v) is 6.52. The molecule has 0 amide bonds. The second-order valence-corrected chi connectivity index (χ2v) is 7.39. The topological polar surface area (TPSA) is 57.6 Å². The van der Waals surface area contributed by atoms with Gasteiger partial charge in [-0.25, -0.2) is 8.42 Å². The molecule has 4 nitrogen and oxygen atoms in total. The standard InChI is InChI=1S/C12H23NO3S/c14-10-4-9-13(11-5-3-6-11)17(15,16)12-7-1-2-8-12/h11-12,14H,1-10H2. The van der Waals surface area contributed by atoms with Gasteiger partial charge in [-0.15, -0.1) is 0 Å². The fraction of sp³-hybridized carbons (Fsp3) is 1.00. The van der Waals surface area contributed by atoms with Crippen LogP contribution in [-0.4, -0.2) is 42.3 Å². The predicted octanol–water partition coefficient (Wildman–Crippen LogP) is 1.50. The molecule has 100 valence electrons. The van der Waals surface area contributed by atoms with Crippen LogP contribution < -0.4 is 0 Å². The first-order chi connectivity index (χ1) is 8.16. The summed E-state index contributed by atoms with van der Waals surface area (Å²) >= 11 is 0. The summed E-state index contributed by atoms with van der Waals surface area (Å²) in [6, 6.07) is 0.215. The van der Waals surface area contributed by atoms with Crippen molar-refractivity contribution < 1.29 is 13.5 Å². The lowest BCUT2D eigenvalue weighted by Gasteiger charge is -2.38. The first-order valence-corrected chi connectivity index (χ1v) is 8.28. The van der Waals surface area contributed by atoms with Crippen LogP contribution >= 0.6 is 0 Å². The smallest absolute Gasteiger partial charge is 0.217 e. The van der Waals surface area contributed by atoms with E-state index in [0.717, 1.165) is 44.9 Å². The van der Waals surface area contributed by atoms with Gasteiger partial charge in [-0.2, -0.15) is 4.31 Å². The highest BCUT2D eigenvalue weighted by atomic mass is 32.2. The third-order valence-electron chi connectivity index (χ3n) is 4.07. The summed E-state index contributed by atoms with van der Waals surface area (Å²) in [6.45, 7) is 0.573. The van der Waals surface area contributed by atoms with Gasteiger partial charge < -0.3 is 5.11 Å². The molecular formula is C12H23NO3S. The van der Waals surface area contributed by atoms with Crippen LogP contribution in [0.1, 0.15) is 51.4 Å². The van der Waals surface area contributed by atoms with E-state index in [1.54, 1.807) is 4.31 Å². The van der Waals surface area contributed by atoms with Gasteiger partial charge in [0.15, 0.2) is 0 Å². The van der Waals surface area contributed by atoms with E-state index < -0.39 is 10.0 Å². The lowest BCUT2D eigenvalue weighted by Crippen LogP contribution is -2.48. The molecule has 0 saturated heterocycles. The van der Waals surface area contributed by atoms with Crippen LogP contribution in [0.4, 0.5) is 0 Å². The Hall–Kier alpha value is -0.130. The molecule has 2 fully saturated rings. The quantitative estimate of drug-likeness (QED) is 0.788. The van der Waals surface area contributed by atoms with Crippen LogP contribution in [0.3, 0.4) is 0 Å². The van der Waals surface area contributed by atoms with E-state index in [-0.39, 0.29) is 17.9 Å². The van der Waals surface area contributed by atoms with Gasteiger partial charge in [-0.1, -0.05) is 19.3 Å². The predicted molar refractivity (Wildman–Crippen MR) is 67.2 cm³/mol. The van der Waals surface area contributed by atoms with E-state index >= 15 is 0 Å². The van der Waals surface area contributed by atoms with Crippen molar-refractivity contribution >= 4 is 10.0 Å². The van der Waals surface area contributed by atoms with Crippen molar-refractivity contribution in [2.75, 3.05) is 13.2 Å². The highest BCUT2D eigenvalue weighted by molar-refractivity contribution is 7.89. The molecule has 0 aromatic carbocycles. The zero-order valence-corrected chi connectivity index (χ0v) is 11.2. The maximum absolute atomic E-state index is 12.5. The average Bonchev–Trinajstić information content (AvgIpc) is 2.74. The largest absolute Gasteiger partial charge is 0.396 e. The molecule has 0 bridgehead atoms. The molecule has 2 saturated carbocycles. The fourth-order valence-corrected chi connectivity index (χ4v) is 5.12. The van der Waals surface area contributed by atoms with Crippen molar-refractivity contribution in [3.05, 3.63) is 0 Å². The van der Waals surface area contributed by atoms with Crippen molar-refractivity contribution in [2.45, 2.75) is 62.7 Å². The molecule has 0 radical (unpaired) electrons. The maximum Gasteiger partial charge on any atom is 0.217 e. The SMILES string of the molecule is O=S(=O)(C1CCCC1)N(CCCO)C1CCC1. The molecule has 0 atom stereocenters. The van der Waals surface area contributed by atoms with Gasteiger partial charge in [-0.3, -0.25) is 0 Å². The van der Waals surface area contributed by atoms with E-state index in [1.807, 2.05) is 0 Å². The van der Waals surface area contributed by atoms with Gasteiger partial charge in [-0.05, 0) is 32.1 Å². The number of hydrogen-bond acceptors (Lipinski definition) is 3. The molecule has 2 aliphatic carbocycles. The van der Waals surface area contributed by atoms with Crippen LogP contribution in [-0.2, 0) is 10.0 Å². The van der Waals surface area contributed by atoms with E-state index in [2.05, 4.69) is 0 Å². The van der Waals surface area contributed by atoms with E-state index in [0.29, 0.717) is 13.0 Å². The number of sulfonamides is 1. The molecule has 0 aromatic heterocycles. The second kappa shape index (κ2) is 5.67. The summed E-state index contributed by atoms with van der Waals surface area (Å²) < 4.78 is 26.7. The molecule has 5 heteroatoms. The summed E-state index contributed by atoms with van der Waals surface area (Å²) in [4.78, 5) is 0. The Morgan fingerprint density at radius 2 is 1.71 bits per heavy atom. The molecule has 2 aliphatic rings. The van der Waals surface area contributed by atoms with Crippen molar-refractivity contribution in [3.8, 4) is 0 Å². The second-order valence-electron chi connectivity index (χ2n) is 5.22. The minimum atomic E-state index is -3.11. The molecule has 1 N–H and O–H groups in total. The van der Waals surface area contributed by atoms with Gasteiger partial charge in [0.2, 0.25) is 10.0 Å². The van der Waals surface area contributed by atoms with Crippen molar-refractivity contribution in [1.82, 2.24) is 4.31 Å². The van der Waals surface area contributed by atoms with Gasteiger partial charge in [0.05, 0.1) is 5.25 Å². The summed E-state index contributed by atoms with van der Waals surface area (Å²) in [6.07, 6.45) is 7.43. The lowest BCUT2D eigenvalue weighted by molar-refractivity contribution is 0.197. The third kappa shape index (κ3) is 2.83. The number of hydrogen-bond donors (Lipinski definition) is 1. The highest BCUT2D eigenvalue weighted by Gasteiger charge is 2.39. The fourth-order valence-electron chi connectivity index (χ4n) is 2.80. The molecule has 0 heterocycles. The minimum Gasteiger partial charge on any atom is -0.396 e. The normalized spacial score (nSPS) is 23.2. The Kier molecular flexibility index (Phi) is 4.44. The summed E-state index contributed by atoms with van der Waals surface area (Å²) in [5, 5.41) is 8.75. The molecule has 2 rings (SSSR count). The molecule has 0 aliphatic heterocycles. The first kappa shape index (κ1) is 13.3. The van der Waals surface area contributed by atoms with Crippen LogP contribution in [0.15, 0.2) is 0 Å². The number of nitrogens with zero attached hydrogens (tertiary/aromatic N) is 1. The monoisotopic (exact) mass is 261 g/mol. The Morgan fingerprint density at radius 3 is 2.18 bits per heavy atom. The Morgan fingerprint density at radius 1 is 1.06 bits per heavy atom. The van der Waals surface area contributed by atoms with E-state index in [1.165, 1.54) is 0 Å². The summed E-state index contributed by atoms with van der Waals surface area (Å²) in [7, 11) is -3.11. The molecule has 0 aromatic rings. The first-order valence-electron chi connectivity index (χ1n) is 6.78. The minimum absolute atomic E-state index is 0.0728. The molecule has 0 unspecified atom stereocenters. The van der Waals surface area contributed by atoms with Gasteiger partial charge in [0.25, 0.3) is 0 Å².